The summed E-state index contributed by atoms with van der Waals surface area (Å²) in [6, 6.07) is 2.76. The van der Waals surface area contributed by atoms with Gasteiger partial charge >= 0.3 is 0 Å². The van der Waals surface area contributed by atoms with Crippen molar-refractivity contribution in [1.82, 2.24) is 0 Å². The molecular formula is C14H20ClNO2. The Hall–Kier alpha value is -0.770. The average molecular weight is 270 g/mol. The first-order chi connectivity index (χ1) is 8.50. The maximum Gasteiger partial charge on any atom is 0.123 e. The van der Waals surface area contributed by atoms with Gasteiger partial charge in [0, 0.05) is 10.6 Å². The van der Waals surface area contributed by atoms with Gasteiger partial charge in [0.25, 0.3) is 0 Å². The first-order valence-electron chi connectivity index (χ1n) is 6.43. The van der Waals surface area contributed by atoms with Crippen LogP contribution < -0.4 is 5.73 Å². The molecule has 0 bridgehead atoms. The van der Waals surface area contributed by atoms with E-state index in [4.69, 9.17) is 17.3 Å². The standard InChI is InChI=1S/C14H20ClNO2/c1-8-6-10(15)7-11(13(8)17)12(16)14(18)9-4-2-3-5-9/h6-7,9,12,14,17-18H,2-5,16H2,1H3/t12-,14+/m1/s1. The molecule has 0 unspecified atom stereocenters. The quantitative estimate of drug-likeness (QED) is 0.790. The third-order valence-corrected chi connectivity index (χ3v) is 4.12. The summed E-state index contributed by atoms with van der Waals surface area (Å²) in [4.78, 5) is 0. The van der Waals surface area contributed by atoms with E-state index < -0.39 is 12.1 Å². The molecule has 3 nitrogen and oxygen atoms in total. The highest BCUT2D eigenvalue weighted by Crippen LogP contribution is 2.37. The molecule has 1 aromatic rings. The maximum absolute atomic E-state index is 10.3. The highest BCUT2D eigenvalue weighted by Gasteiger charge is 2.30. The number of nitrogens with two attached hydrogens (primary N) is 1. The number of benzene rings is 1. The molecule has 18 heavy (non-hydrogen) atoms. The second-order valence-electron chi connectivity index (χ2n) is 5.22. The van der Waals surface area contributed by atoms with Crippen LogP contribution in [0.2, 0.25) is 5.02 Å². The second kappa shape index (κ2) is 5.47. The summed E-state index contributed by atoms with van der Waals surface area (Å²) in [5.74, 6) is 0.377. The lowest BCUT2D eigenvalue weighted by molar-refractivity contribution is 0.0836. The molecule has 2 rings (SSSR count). The highest BCUT2D eigenvalue weighted by atomic mass is 35.5. The molecule has 1 aliphatic carbocycles. The first-order valence-corrected chi connectivity index (χ1v) is 6.81. The number of rotatable bonds is 3. The van der Waals surface area contributed by atoms with Gasteiger partial charge in [0.05, 0.1) is 12.1 Å². The predicted molar refractivity (Wildman–Crippen MR) is 72.7 cm³/mol. The predicted octanol–water partition coefficient (Wildman–Crippen LogP) is 2.90. The fourth-order valence-corrected chi connectivity index (χ4v) is 3.07. The largest absolute Gasteiger partial charge is 0.507 e. The van der Waals surface area contributed by atoms with Gasteiger partial charge in [-0.2, -0.15) is 0 Å². The molecule has 1 aliphatic rings. The second-order valence-corrected chi connectivity index (χ2v) is 5.66. The molecule has 0 aliphatic heterocycles. The number of hydrogen-bond donors (Lipinski definition) is 3. The van der Waals surface area contributed by atoms with Crippen molar-refractivity contribution in [1.29, 1.82) is 0 Å². The molecule has 0 spiro atoms. The van der Waals surface area contributed by atoms with Gasteiger partial charge in [-0.1, -0.05) is 24.4 Å². The molecule has 4 heteroatoms. The Morgan fingerprint density at radius 1 is 1.33 bits per heavy atom. The normalized spacial score (nSPS) is 20.0. The minimum absolute atomic E-state index is 0.143. The summed E-state index contributed by atoms with van der Waals surface area (Å²) in [6.07, 6.45) is 3.70. The van der Waals surface area contributed by atoms with E-state index in [1.807, 2.05) is 0 Å². The molecule has 0 aromatic heterocycles. The molecule has 1 fully saturated rings. The van der Waals surface area contributed by atoms with E-state index in [1.165, 1.54) is 0 Å². The van der Waals surface area contributed by atoms with Crippen LogP contribution in [-0.2, 0) is 0 Å². The maximum atomic E-state index is 10.3. The fraction of sp³-hybridized carbons (Fsp3) is 0.571. The van der Waals surface area contributed by atoms with Gasteiger partial charge < -0.3 is 15.9 Å². The van der Waals surface area contributed by atoms with Crippen molar-refractivity contribution in [3.05, 3.63) is 28.3 Å². The van der Waals surface area contributed by atoms with Crippen molar-refractivity contribution in [3.63, 3.8) is 0 Å². The van der Waals surface area contributed by atoms with Gasteiger partial charge in [-0.3, -0.25) is 0 Å². The Balaban J connectivity index is 2.24. The highest BCUT2D eigenvalue weighted by molar-refractivity contribution is 6.30. The van der Waals surface area contributed by atoms with Gasteiger partial charge in [0.2, 0.25) is 0 Å². The minimum atomic E-state index is -0.615. The number of halogens is 1. The number of aliphatic hydroxyl groups is 1. The number of phenolic OH excluding ortho intramolecular Hbond substituents is 1. The van der Waals surface area contributed by atoms with Crippen molar-refractivity contribution >= 4 is 11.6 Å². The van der Waals surface area contributed by atoms with Gasteiger partial charge in [0.1, 0.15) is 5.75 Å². The summed E-state index contributed by atoms with van der Waals surface area (Å²) in [6.45, 7) is 1.78. The molecule has 2 atom stereocenters. The zero-order valence-corrected chi connectivity index (χ0v) is 11.3. The summed E-state index contributed by atoms with van der Waals surface area (Å²) < 4.78 is 0. The zero-order valence-electron chi connectivity index (χ0n) is 10.6. The van der Waals surface area contributed by atoms with Crippen LogP contribution in [-0.4, -0.2) is 16.3 Å². The lowest BCUT2D eigenvalue weighted by Gasteiger charge is -2.25. The third kappa shape index (κ3) is 2.63. The van der Waals surface area contributed by atoms with Crippen LogP contribution in [0.5, 0.6) is 5.75 Å². The van der Waals surface area contributed by atoms with Crippen LogP contribution in [0.1, 0.15) is 42.9 Å². The number of aliphatic hydroxyl groups excluding tert-OH is 1. The first kappa shape index (κ1) is 13.7. The monoisotopic (exact) mass is 269 g/mol. The van der Waals surface area contributed by atoms with Crippen molar-refractivity contribution in [3.8, 4) is 5.75 Å². The van der Waals surface area contributed by atoms with E-state index in [2.05, 4.69) is 0 Å². The molecular weight excluding hydrogens is 250 g/mol. The topological polar surface area (TPSA) is 66.5 Å². The van der Waals surface area contributed by atoms with Crippen LogP contribution in [0.3, 0.4) is 0 Å². The van der Waals surface area contributed by atoms with Gasteiger partial charge in [0.15, 0.2) is 0 Å². The molecule has 1 aromatic carbocycles. The smallest absolute Gasteiger partial charge is 0.123 e. The van der Waals surface area contributed by atoms with Crippen molar-refractivity contribution < 1.29 is 10.2 Å². The summed E-state index contributed by atoms with van der Waals surface area (Å²) >= 11 is 5.98. The van der Waals surface area contributed by atoms with E-state index in [0.717, 1.165) is 25.7 Å². The Bertz CT molecular complexity index is 430. The van der Waals surface area contributed by atoms with Crippen molar-refractivity contribution in [2.75, 3.05) is 0 Å². The number of phenols is 1. The van der Waals surface area contributed by atoms with Crippen LogP contribution >= 0.6 is 11.6 Å². The molecule has 4 N–H and O–H groups in total. The van der Waals surface area contributed by atoms with Gasteiger partial charge in [-0.25, -0.2) is 0 Å². The molecule has 1 saturated carbocycles. The van der Waals surface area contributed by atoms with Crippen LogP contribution in [0.15, 0.2) is 12.1 Å². The molecule has 0 amide bonds. The van der Waals surface area contributed by atoms with Crippen LogP contribution in [0, 0.1) is 12.8 Å². The zero-order chi connectivity index (χ0) is 13.3. The fourth-order valence-electron chi connectivity index (χ4n) is 2.79. The van der Waals surface area contributed by atoms with E-state index in [1.54, 1.807) is 19.1 Å². The van der Waals surface area contributed by atoms with E-state index in [0.29, 0.717) is 16.1 Å². The number of aromatic hydroxyl groups is 1. The molecule has 100 valence electrons. The Kier molecular flexibility index (Phi) is 4.15. The average Bonchev–Trinajstić information content (AvgIpc) is 2.85. The number of hydrogen-bond acceptors (Lipinski definition) is 3. The van der Waals surface area contributed by atoms with Gasteiger partial charge in [-0.05, 0) is 43.4 Å². The van der Waals surface area contributed by atoms with Crippen LogP contribution in [0.4, 0.5) is 0 Å². The lowest BCUT2D eigenvalue weighted by atomic mass is 9.90. The Morgan fingerprint density at radius 2 is 1.94 bits per heavy atom. The van der Waals surface area contributed by atoms with E-state index >= 15 is 0 Å². The van der Waals surface area contributed by atoms with Crippen LogP contribution in [0.25, 0.3) is 0 Å². The molecule has 0 radical (unpaired) electrons. The summed E-state index contributed by atoms with van der Waals surface area (Å²) in [5.41, 5.74) is 7.32. The SMILES string of the molecule is Cc1cc(Cl)cc([C@@H](N)[C@@H](O)C2CCCC2)c1O. The van der Waals surface area contributed by atoms with Gasteiger partial charge in [-0.15, -0.1) is 0 Å². The Labute approximate surface area is 113 Å². The summed E-state index contributed by atoms with van der Waals surface area (Å²) in [5, 5.41) is 20.9. The van der Waals surface area contributed by atoms with Crippen molar-refractivity contribution in [2.24, 2.45) is 11.7 Å². The van der Waals surface area contributed by atoms with Crippen molar-refractivity contribution in [2.45, 2.75) is 44.8 Å². The van der Waals surface area contributed by atoms with E-state index in [9.17, 15) is 10.2 Å². The van der Waals surface area contributed by atoms with E-state index in [-0.39, 0.29) is 11.7 Å². The third-order valence-electron chi connectivity index (χ3n) is 3.90. The minimum Gasteiger partial charge on any atom is -0.507 e. The lowest BCUT2D eigenvalue weighted by Crippen LogP contribution is -2.32. The molecule has 0 saturated heterocycles. The Morgan fingerprint density at radius 3 is 2.56 bits per heavy atom. The summed E-state index contributed by atoms with van der Waals surface area (Å²) in [7, 11) is 0. The molecule has 0 heterocycles. The number of aryl methyl sites for hydroxylation is 1.